The maximum absolute atomic E-state index is 5.23. The molecule has 0 fully saturated rings. The molecule has 0 heterocycles. The van der Waals surface area contributed by atoms with E-state index in [2.05, 4.69) is 24.4 Å². The highest BCUT2D eigenvalue weighted by Gasteiger charge is 1.98. The van der Waals surface area contributed by atoms with Gasteiger partial charge in [-0.3, -0.25) is 0 Å². The maximum Gasteiger partial charge on any atom is 0.166 e. The SMILES string of the molecule is CN(CC(N)=S)C(N)=S. The fraction of sp³-hybridized carbons (Fsp3) is 0.500. The lowest BCUT2D eigenvalue weighted by molar-refractivity contribution is 0.586. The zero-order valence-electron chi connectivity index (χ0n) is 5.13. The van der Waals surface area contributed by atoms with Crippen molar-refractivity contribution < 1.29 is 0 Å². The first kappa shape index (κ1) is 8.58. The summed E-state index contributed by atoms with van der Waals surface area (Å²) >= 11 is 9.24. The second-order valence-corrected chi connectivity index (χ2v) is 2.60. The summed E-state index contributed by atoms with van der Waals surface area (Å²) in [6.07, 6.45) is 0. The zero-order chi connectivity index (χ0) is 7.44. The molecule has 0 aromatic rings. The smallest absolute Gasteiger partial charge is 0.166 e. The van der Waals surface area contributed by atoms with Crippen molar-refractivity contribution in [2.24, 2.45) is 11.5 Å². The minimum absolute atomic E-state index is 0.308. The summed E-state index contributed by atoms with van der Waals surface area (Å²) in [4.78, 5) is 2.00. The summed E-state index contributed by atoms with van der Waals surface area (Å²) in [5, 5.41) is 0.308. The van der Waals surface area contributed by atoms with Crippen LogP contribution in [0, 0.1) is 0 Å². The molecule has 0 bridgehead atoms. The summed E-state index contributed by atoms with van der Waals surface area (Å²) in [5.41, 5.74) is 10.4. The lowest BCUT2D eigenvalue weighted by Gasteiger charge is -2.14. The number of nitrogens with two attached hydrogens (primary N) is 2. The van der Waals surface area contributed by atoms with Crippen molar-refractivity contribution in [3.8, 4) is 0 Å². The van der Waals surface area contributed by atoms with E-state index in [9.17, 15) is 0 Å². The van der Waals surface area contributed by atoms with E-state index < -0.39 is 0 Å². The Bertz CT molecular complexity index is 134. The molecule has 0 aliphatic carbocycles. The Kier molecular flexibility index (Phi) is 3.41. The fourth-order valence-corrected chi connectivity index (χ4v) is 0.570. The molecule has 0 saturated heterocycles. The Morgan fingerprint density at radius 3 is 2.00 bits per heavy atom. The standard InChI is InChI=1S/C4H9N3S2/c1-7(4(6)9)2-3(5)8/h2H2,1H3,(H2,5,8)(H2,6,9). The van der Waals surface area contributed by atoms with Crippen LogP contribution in [-0.4, -0.2) is 28.6 Å². The highest BCUT2D eigenvalue weighted by Crippen LogP contribution is 1.80. The molecule has 4 N–H and O–H groups in total. The second kappa shape index (κ2) is 3.58. The molecule has 0 aliphatic rings. The molecule has 9 heavy (non-hydrogen) atoms. The first-order valence-electron chi connectivity index (χ1n) is 2.33. The number of hydrogen-bond donors (Lipinski definition) is 2. The first-order chi connectivity index (χ1) is 4.04. The van der Waals surface area contributed by atoms with Gasteiger partial charge in [-0.1, -0.05) is 12.2 Å². The highest BCUT2D eigenvalue weighted by atomic mass is 32.1. The molecule has 52 valence electrons. The van der Waals surface area contributed by atoms with Gasteiger partial charge in [0.1, 0.15) is 0 Å². The lowest BCUT2D eigenvalue weighted by atomic mass is 10.6. The molecule has 0 spiro atoms. The van der Waals surface area contributed by atoms with Crippen LogP contribution < -0.4 is 11.5 Å². The van der Waals surface area contributed by atoms with Gasteiger partial charge in [-0.05, 0) is 12.2 Å². The van der Waals surface area contributed by atoms with Crippen LogP contribution >= 0.6 is 24.4 Å². The van der Waals surface area contributed by atoms with Crippen LogP contribution in [0.1, 0.15) is 0 Å². The van der Waals surface area contributed by atoms with Crippen molar-refractivity contribution in [2.75, 3.05) is 13.6 Å². The first-order valence-corrected chi connectivity index (χ1v) is 3.14. The van der Waals surface area contributed by atoms with Gasteiger partial charge in [0.15, 0.2) is 5.11 Å². The molecule has 0 saturated carbocycles. The summed E-state index contributed by atoms with van der Waals surface area (Å²) in [6.45, 7) is 0.449. The van der Waals surface area contributed by atoms with E-state index in [1.165, 1.54) is 0 Å². The van der Waals surface area contributed by atoms with Crippen molar-refractivity contribution in [1.82, 2.24) is 4.90 Å². The minimum Gasteiger partial charge on any atom is -0.392 e. The van der Waals surface area contributed by atoms with Crippen molar-refractivity contribution in [3.05, 3.63) is 0 Å². The molecule has 0 aliphatic heterocycles. The van der Waals surface area contributed by atoms with E-state index in [0.717, 1.165) is 0 Å². The lowest BCUT2D eigenvalue weighted by Crippen LogP contribution is -2.37. The molecule has 0 rings (SSSR count). The second-order valence-electron chi connectivity index (χ2n) is 1.66. The number of rotatable bonds is 2. The van der Waals surface area contributed by atoms with Crippen molar-refractivity contribution in [1.29, 1.82) is 0 Å². The van der Waals surface area contributed by atoms with Gasteiger partial charge in [-0.25, -0.2) is 0 Å². The van der Waals surface area contributed by atoms with Gasteiger partial charge < -0.3 is 16.4 Å². The van der Waals surface area contributed by atoms with E-state index in [1.54, 1.807) is 11.9 Å². The third-order valence-corrected chi connectivity index (χ3v) is 1.21. The Labute approximate surface area is 65.0 Å². The van der Waals surface area contributed by atoms with Gasteiger partial charge in [0.25, 0.3) is 0 Å². The highest BCUT2D eigenvalue weighted by molar-refractivity contribution is 7.80. The number of hydrogen-bond acceptors (Lipinski definition) is 2. The monoisotopic (exact) mass is 163 g/mol. The van der Waals surface area contributed by atoms with Gasteiger partial charge in [-0.15, -0.1) is 0 Å². The van der Waals surface area contributed by atoms with Crippen LogP contribution in [-0.2, 0) is 0 Å². The van der Waals surface area contributed by atoms with E-state index in [-0.39, 0.29) is 0 Å². The number of likely N-dealkylation sites (N-methyl/N-ethyl adjacent to an activating group) is 1. The average molecular weight is 163 g/mol. The van der Waals surface area contributed by atoms with Gasteiger partial charge >= 0.3 is 0 Å². The Morgan fingerprint density at radius 1 is 1.44 bits per heavy atom. The molecule has 0 unspecified atom stereocenters. The van der Waals surface area contributed by atoms with E-state index in [1.807, 2.05) is 0 Å². The van der Waals surface area contributed by atoms with Gasteiger partial charge in [0, 0.05) is 7.05 Å². The van der Waals surface area contributed by atoms with Crippen LogP contribution in [0.3, 0.4) is 0 Å². The van der Waals surface area contributed by atoms with Crippen molar-refractivity contribution >= 4 is 34.5 Å². The quantitative estimate of drug-likeness (QED) is 0.535. The topological polar surface area (TPSA) is 55.3 Å². The van der Waals surface area contributed by atoms with Crippen LogP contribution in [0.4, 0.5) is 0 Å². The number of thiocarbonyl (C=S) groups is 2. The molecule has 5 heteroatoms. The summed E-state index contributed by atoms with van der Waals surface area (Å²) in [6, 6.07) is 0. The summed E-state index contributed by atoms with van der Waals surface area (Å²) < 4.78 is 0. The zero-order valence-corrected chi connectivity index (χ0v) is 6.76. The van der Waals surface area contributed by atoms with Crippen molar-refractivity contribution in [3.63, 3.8) is 0 Å². The molecule has 3 nitrogen and oxygen atoms in total. The minimum atomic E-state index is 0.308. The van der Waals surface area contributed by atoms with Crippen LogP contribution in [0.25, 0.3) is 0 Å². The van der Waals surface area contributed by atoms with Gasteiger partial charge in [0.05, 0.1) is 11.5 Å². The Balaban J connectivity index is 3.63. The fourth-order valence-electron chi connectivity index (χ4n) is 0.312. The normalized spacial score (nSPS) is 8.56. The molecular weight excluding hydrogens is 154 g/mol. The molecule has 0 aromatic carbocycles. The maximum atomic E-state index is 5.23. The largest absolute Gasteiger partial charge is 0.392 e. The Morgan fingerprint density at radius 2 is 1.89 bits per heavy atom. The molecule has 0 atom stereocenters. The van der Waals surface area contributed by atoms with E-state index in [0.29, 0.717) is 16.6 Å². The predicted molar refractivity (Wildman–Crippen MR) is 46.2 cm³/mol. The average Bonchev–Trinajstić information content (AvgIpc) is 1.63. The molecule has 0 radical (unpaired) electrons. The van der Waals surface area contributed by atoms with Crippen LogP contribution in [0.2, 0.25) is 0 Å². The summed E-state index contributed by atoms with van der Waals surface area (Å²) in [7, 11) is 1.74. The summed E-state index contributed by atoms with van der Waals surface area (Å²) in [5.74, 6) is 0. The van der Waals surface area contributed by atoms with Crippen LogP contribution in [0.5, 0.6) is 0 Å². The van der Waals surface area contributed by atoms with Gasteiger partial charge in [-0.2, -0.15) is 0 Å². The van der Waals surface area contributed by atoms with Crippen LogP contribution in [0.15, 0.2) is 0 Å². The predicted octanol–water partition coefficient (Wildman–Crippen LogP) is -0.552. The van der Waals surface area contributed by atoms with E-state index >= 15 is 0 Å². The molecule has 0 amide bonds. The van der Waals surface area contributed by atoms with E-state index in [4.69, 9.17) is 11.5 Å². The van der Waals surface area contributed by atoms with Crippen molar-refractivity contribution in [2.45, 2.75) is 0 Å². The Hall–Kier alpha value is -0.420. The molecular formula is C4H9N3S2. The number of nitrogens with zero attached hydrogens (tertiary/aromatic N) is 1. The third-order valence-electron chi connectivity index (χ3n) is 0.769. The molecule has 0 aromatic heterocycles. The van der Waals surface area contributed by atoms with Gasteiger partial charge in [0.2, 0.25) is 0 Å². The third kappa shape index (κ3) is 4.11.